The maximum atomic E-state index is 12.7. The molecule has 8 heteroatoms. The molecule has 1 N–H and O–H groups in total. The Hall–Kier alpha value is -0.960. The highest BCUT2D eigenvalue weighted by Gasteiger charge is 2.52. The summed E-state index contributed by atoms with van der Waals surface area (Å²) < 4.78 is 25.1. The Morgan fingerprint density at radius 3 is 2.74 bits per heavy atom. The van der Waals surface area contributed by atoms with Crippen molar-refractivity contribution in [1.29, 1.82) is 0 Å². The third kappa shape index (κ3) is 3.05. The molecule has 0 unspecified atom stereocenters. The zero-order chi connectivity index (χ0) is 16.8. The zero-order valence-corrected chi connectivity index (χ0v) is 15.0. The van der Waals surface area contributed by atoms with Gasteiger partial charge in [0.05, 0.1) is 17.7 Å². The van der Waals surface area contributed by atoms with E-state index in [0.717, 1.165) is 11.3 Å². The molecule has 0 aliphatic carbocycles. The molecule has 2 saturated heterocycles. The van der Waals surface area contributed by atoms with Gasteiger partial charge < -0.3 is 10.0 Å². The number of fused-ring (bicyclic) bond motifs is 1. The Balaban J connectivity index is 1.81. The van der Waals surface area contributed by atoms with E-state index in [1.807, 2.05) is 19.1 Å². The van der Waals surface area contributed by atoms with E-state index < -0.39 is 15.4 Å². The van der Waals surface area contributed by atoms with E-state index in [1.54, 1.807) is 4.90 Å². The molecule has 1 amide bonds. The molecule has 0 aromatic carbocycles. The van der Waals surface area contributed by atoms with Crippen molar-refractivity contribution in [2.24, 2.45) is 11.3 Å². The molecule has 1 aromatic heterocycles. The van der Waals surface area contributed by atoms with Gasteiger partial charge in [0.15, 0.2) is 0 Å². The number of hydrogen-bond acceptors (Lipinski definition) is 5. The highest BCUT2D eigenvalue weighted by molar-refractivity contribution is 7.88. The maximum absolute atomic E-state index is 12.7. The fourth-order valence-corrected chi connectivity index (χ4v) is 5.47. The summed E-state index contributed by atoms with van der Waals surface area (Å²) in [6, 6.07) is 3.75. The summed E-state index contributed by atoms with van der Waals surface area (Å²) in [4.78, 5) is 16.2. The summed E-state index contributed by atoms with van der Waals surface area (Å²) in [5.74, 6) is 0.0866. The molecule has 3 heterocycles. The number of nitrogens with zero attached hydrogens (tertiary/aromatic N) is 2. The molecule has 3 rings (SSSR count). The van der Waals surface area contributed by atoms with Gasteiger partial charge in [0, 0.05) is 36.5 Å². The minimum Gasteiger partial charge on any atom is -0.396 e. The van der Waals surface area contributed by atoms with Gasteiger partial charge in [-0.25, -0.2) is 12.7 Å². The first-order valence-electron chi connectivity index (χ1n) is 7.67. The Labute approximate surface area is 140 Å². The lowest BCUT2D eigenvalue weighted by molar-refractivity contribution is 0.0132. The number of rotatable bonds is 3. The van der Waals surface area contributed by atoms with E-state index >= 15 is 0 Å². The number of aliphatic hydroxyl groups excluding tert-OH is 1. The Morgan fingerprint density at radius 1 is 1.43 bits per heavy atom. The normalized spacial score (nSPS) is 28.8. The monoisotopic (exact) mass is 358 g/mol. The topological polar surface area (TPSA) is 77.9 Å². The molecule has 0 spiro atoms. The van der Waals surface area contributed by atoms with Crippen LogP contribution in [0.3, 0.4) is 0 Å². The van der Waals surface area contributed by atoms with Gasteiger partial charge in [-0.15, -0.1) is 11.3 Å². The van der Waals surface area contributed by atoms with E-state index in [0.29, 0.717) is 31.1 Å². The number of piperidine rings is 1. The largest absolute Gasteiger partial charge is 0.396 e. The maximum Gasteiger partial charge on any atom is 0.263 e. The second-order valence-corrected chi connectivity index (χ2v) is 9.97. The molecule has 2 atom stereocenters. The van der Waals surface area contributed by atoms with Crippen LogP contribution in [0.5, 0.6) is 0 Å². The average Bonchev–Trinajstić information content (AvgIpc) is 3.09. The first-order chi connectivity index (χ1) is 10.7. The lowest BCUT2D eigenvalue weighted by Crippen LogP contribution is -2.52. The molecular formula is C15H22N2O4S2. The number of aliphatic hydroxyl groups is 1. The van der Waals surface area contributed by atoms with Crippen LogP contribution in [-0.2, 0) is 10.0 Å². The molecule has 1 aromatic rings. The molecule has 23 heavy (non-hydrogen) atoms. The second kappa shape index (κ2) is 5.84. The van der Waals surface area contributed by atoms with E-state index in [-0.39, 0.29) is 18.4 Å². The minimum atomic E-state index is -3.27. The Bertz CT molecular complexity index is 715. The van der Waals surface area contributed by atoms with Crippen molar-refractivity contribution in [3.05, 3.63) is 21.9 Å². The smallest absolute Gasteiger partial charge is 0.263 e. The number of carbonyl (C=O) groups is 1. The lowest BCUT2D eigenvalue weighted by Gasteiger charge is -2.43. The molecule has 0 saturated carbocycles. The minimum absolute atomic E-state index is 0.0211. The predicted octanol–water partition coefficient (Wildman–Crippen LogP) is 0.773. The van der Waals surface area contributed by atoms with Crippen LogP contribution in [0.4, 0.5) is 0 Å². The van der Waals surface area contributed by atoms with Crippen LogP contribution in [0.1, 0.15) is 21.0 Å². The predicted molar refractivity (Wildman–Crippen MR) is 89.0 cm³/mol. The third-order valence-corrected chi connectivity index (χ3v) is 7.26. The molecular weight excluding hydrogens is 336 g/mol. The Kier molecular flexibility index (Phi) is 4.29. The van der Waals surface area contributed by atoms with Crippen molar-refractivity contribution >= 4 is 27.3 Å². The number of likely N-dealkylation sites (tertiary alicyclic amines) is 1. The standard InChI is InChI=1S/C15H22N2O4S2/c1-11-3-4-13(22-11)14(19)16-6-5-12-7-17(23(2,20)21)9-15(12,8-16)10-18/h3-4,12,18H,5-10H2,1-2H3/t12-,15+/m1/s1. The highest BCUT2D eigenvalue weighted by atomic mass is 32.2. The van der Waals surface area contributed by atoms with Crippen LogP contribution in [-0.4, -0.2) is 67.7 Å². The fraction of sp³-hybridized carbons (Fsp3) is 0.667. The quantitative estimate of drug-likeness (QED) is 0.866. The van der Waals surface area contributed by atoms with E-state index in [4.69, 9.17) is 0 Å². The summed E-state index contributed by atoms with van der Waals surface area (Å²) in [6.45, 7) is 3.62. The first kappa shape index (κ1) is 16.9. The number of sulfonamides is 1. The van der Waals surface area contributed by atoms with E-state index in [9.17, 15) is 18.3 Å². The number of aryl methyl sites for hydroxylation is 1. The van der Waals surface area contributed by atoms with Crippen molar-refractivity contribution in [1.82, 2.24) is 9.21 Å². The van der Waals surface area contributed by atoms with Crippen LogP contribution >= 0.6 is 11.3 Å². The molecule has 0 bridgehead atoms. The van der Waals surface area contributed by atoms with Crippen molar-refractivity contribution in [2.75, 3.05) is 39.0 Å². The van der Waals surface area contributed by atoms with Gasteiger partial charge in [-0.05, 0) is 31.4 Å². The molecule has 2 aliphatic heterocycles. The zero-order valence-electron chi connectivity index (χ0n) is 13.4. The lowest BCUT2D eigenvalue weighted by atomic mass is 9.74. The van der Waals surface area contributed by atoms with Crippen LogP contribution in [0.25, 0.3) is 0 Å². The van der Waals surface area contributed by atoms with Crippen LogP contribution in [0, 0.1) is 18.3 Å². The Morgan fingerprint density at radius 2 is 2.17 bits per heavy atom. The van der Waals surface area contributed by atoms with Gasteiger partial charge in [0.1, 0.15) is 0 Å². The van der Waals surface area contributed by atoms with Crippen LogP contribution in [0.15, 0.2) is 12.1 Å². The van der Waals surface area contributed by atoms with Crippen LogP contribution < -0.4 is 0 Å². The number of amides is 1. The van der Waals surface area contributed by atoms with Crippen molar-refractivity contribution < 1.29 is 18.3 Å². The molecule has 2 aliphatic rings. The van der Waals surface area contributed by atoms with Gasteiger partial charge in [0.25, 0.3) is 5.91 Å². The number of thiophene rings is 1. The van der Waals surface area contributed by atoms with Gasteiger partial charge >= 0.3 is 0 Å². The number of carbonyl (C=O) groups excluding carboxylic acids is 1. The molecule has 0 radical (unpaired) electrons. The first-order valence-corrected chi connectivity index (χ1v) is 10.3. The molecule has 2 fully saturated rings. The second-order valence-electron chi connectivity index (χ2n) is 6.70. The summed E-state index contributed by atoms with van der Waals surface area (Å²) >= 11 is 1.47. The van der Waals surface area contributed by atoms with Crippen LogP contribution in [0.2, 0.25) is 0 Å². The van der Waals surface area contributed by atoms with Crippen molar-refractivity contribution in [3.8, 4) is 0 Å². The molecule has 6 nitrogen and oxygen atoms in total. The summed E-state index contributed by atoms with van der Waals surface area (Å²) in [5, 5.41) is 9.95. The summed E-state index contributed by atoms with van der Waals surface area (Å²) in [5.41, 5.74) is -0.538. The summed E-state index contributed by atoms with van der Waals surface area (Å²) in [7, 11) is -3.27. The van der Waals surface area contributed by atoms with Crippen molar-refractivity contribution in [2.45, 2.75) is 13.3 Å². The third-order valence-electron chi connectivity index (χ3n) is 5.06. The van der Waals surface area contributed by atoms with E-state index in [2.05, 4.69) is 0 Å². The fourth-order valence-electron chi connectivity index (χ4n) is 3.69. The SMILES string of the molecule is Cc1ccc(C(=O)N2CC[C@@H]3CN(S(C)(=O)=O)C[C@]3(CO)C2)s1. The highest BCUT2D eigenvalue weighted by Crippen LogP contribution is 2.43. The summed E-state index contributed by atoms with van der Waals surface area (Å²) in [6.07, 6.45) is 1.93. The average molecular weight is 358 g/mol. The molecule has 128 valence electrons. The van der Waals surface area contributed by atoms with Gasteiger partial charge in [-0.3, -0.25) is 4.79 Å². The van der Waals surface area contributed by atoms with Gasteiger partial charge in [-0.2, -0.15) is 0 Å². The van der Waals surface area contributed by atoms with E-state index in [1.165, 1.54) is 21.9 Å². The van der Waals surface area contributed by atoms with Gasteiger partial charge in [0.2, 0.25) is 10.0 Å². The number of hydrogen-bond donors (Lipinski definition) is 1. The van der Waals surface area contributed by atoms with Crippen molar-refractivity contribution in [3.63, 3.8) is 0 Å². The van der Waals surface area contributed by atoms with Gasteiger partial charge in [-0.1, -0.05) is 0 Å².